The lowest BCUT2D eigenvalue weighted by Crippen LogP contribution is -2.37. The first-order chi connectivity index (χ1) is 8.95. The lowest BCUT2D eigenvalue weighted by atomic mass is 10.0. The highest BCUT2D eigenvalue weighted by Gasteiger charge is 2.22. The van der Waals surface area contributed by atoms with Crippen LogP contribution >= 0.6 is 0 Å². The summed E-state index contributed by atoms with van der Waals surface area (Å²) in [4.78, 5) is 0. The molecular formula is C16H25NO2. The van der Waals surface area contributed by atoms with Crippen LogP contribution in [0.1, 0.15) is 45.2 Å². The fourth-order valence-corrected chi connectivity index (χ4v) is 2.27. The third-order valence-corrected chi connectivity index (χ3v) is 3.94. The minimum atomic E-state index is 0.137. The van der Waals surface area contributed by atoms with Gasteiger partial charge in [0, 0.05) is 29.6 Å². The fourth-order valence-electron chi connectivity index (χ4n) is 2.27. The molecule has 1 aromatic carbocycles. The van der Waals surface area contributed by atoms with E-state index in [0.29, 0.717) is 0 Å². The maximum absolute atomic E-state index is 5.82. The first-order valence-corrected chi connectivity index (χ1v) is 7.06. The topological polar surface area (TPSA) is 30.5 Å². The smallest absolute Gasteiger partial charge is 0.123 e. The summed E-state index contributed by atoms with van der Waals surface area (Å²) in [6.07, 6.45) is 2.34. The molecule has 1 aromatic rings. The van der Waals surface area contributed by atoms with Crippen LogP contribution in [0.15, 0.2) is 12.1 Å². The number of nitrogens with one attached hydrogen (secondary N) is 1. The zero-order valence-corrected chi connectivity index (χ0v) is 12.7. The van der Waals surface area contributed by atoms with Crippen molar-refractivity contribution in [3.05, 3.63) is 23.3 Å². The largest absolute Gasteiger partial charge is 0.496 e. The second kappa shape index (κ2) is 5.41. The van der Waals surface area contributed by atoms with Crippen molar-refractivity contribution in [2.24, 2.45) is 0 Å². The van der Waals surface area contributed by atoms with Gasteiger partial charge in [-0.05, 0) is 39.3 Å². The normalized spacial score (nSPS) is 18.1. The average molecular weight is 263 g/mol. The molecule has 0 aliphatic carbocycles. The molecule has 0 amide bonds. The van der Waals surface area contributed by atoms with E-state index >= 15 is 0 Å². The highest BCUT2D eigenvalue weighted by atomic mass is 16.5. The maximum Gasteiger partial charge on any atom is 0.123 e. The van der Waals surface area contributed by atoms with Gasteiger partial charge in [-0.3, -0.25) is 0 Å². The van der Waals surface area contributed by atoms with E-state index in [-0.39, 0.29) is 11.6 Å². The molecule has 106 valence electrons. The van der Waals surface area contributed by atoms with Crippen molar-refractivity contribution in [3.63, 3.8) is 0 Å². The summed E-state index contributed by atoms with van der Waals surface area (Å²) in [5.41, 5.74) is 2.55. The SMILES string of the molecule is CCC(C)(C)NCc1cc2c(cc1OC)CC(C)O2. The Kier molecular flexibility index (Phi) is 4.04. The summed E-state index contributed by atoms with van der Waals surface area (Å²) < 4.78 is 11.3. The second-order valence-electron chi connectivity index (χ2n) is 6.00. The zero-order chi connectivity index (χ0) is 14.0. The van der Waals surface area contributed by atoms with Gasteiger partial charge < -0.3 is 14.8 Å². The van der Waals surface area contributed by atoms with Gasteiger partial charge in [0.15, 0.2) is 0 Å². The molecule has 19 heavy (non-hydrogen) atoms. The molecule has 0 radical (unpaired) electrons. The Morgan fingerprint density at radius 2 is 2.16 bits per heavy atom. The van der Waals surface area contributed by atoms with Crippen LogP contribution in [-0.2, 0) is 13.0 Å². The Bertz CT molecular complexity index is 454. The standard InChI is InChI=1S/C16H25NO2/c1-6-16(3,4)17-10-13-9-15-12(7-11(2)19-15)8-14(13)18-5/h8-9,11,17H,6-7,10H2,1-5H3. The first kappa shape index (κ1) is 14.2. The Morgan fingerprint density at radius 3 is 2.79 bits per heavy atom. The van der Waals surface area contributed by atoms with E-state index in [0.717, 1.165) is 36.4 Å². The summed E-state index contributed by atoms with van der Waals surface area (Å²) in [6, 6.07) is 4.24. The van der Waals surface area contributed by atoms with E-state index in [4.69, 9.17) is 9.47 Å². The van der Waals surface area contributed by atoms with Crippen LogP contribution in [-0.4, -0.2) is 18.8 Å². The summed E-state index contributed by atoms with van der Waals surface area (Å²) in [6.45, 7) is 9.52. The van der Waals surface area contributed by atoms with Crippen LogP contribution < -0.4 is 14.8 Å². The van der Waals surface area contributed by atoms with Gasteiger partial charge in [-0.2, -0.15) is 0 Å². The predicted octanol–water partition coefficient (Wildman–Crippen LogP) is 3.30. The second-order valence-corrected chi connectivity index (χ2v) is 6.00. The predicted molar refractivity (Wildman–Crippen MR) is 78.0 cm³/mol. The maximum atomic E-state index is 5.82. The van der Waals surface area contributed by atoms with E-state index < -0.39 is 0 Å². The first-order valence-electron chi connectivity index (χ1n) is 7.06. The number of hydrogen-bond donors (Lipinski definition) is 1. The van der Waals surface area contributed by atoms with Gasteiger partial charge in [0.1, 0.15) is 17.6 Å². The molecule has 0 spiro atoms. The molecule has 1 aliphatic rings. The van der Waals surface area contributed by atoms with E-state index in [1.807, 2.05) is 0 Å². The Morgan fingerprint density at radius 1 is 1.42 bits per heavy atom. The van der Waals surface area contributed by atoms with Crippen molar-refractivity contribution >= 4 is 0 Å². The molecule has 1 unspecified atom stereocenters. The van der Waals surface area contributed by atoms with Crippen molar-refractivity contribution in [1.82, 2.24) is 5.32 Å². The zero-order valence-electron chi connectivity index (χ0n) is 12.7. The lowest BCUT2D eigenvalue weighted by Gasteiger charge is -2.25. The quantitative estimate of drug-likeness (QED) is 0.884. The molecule has 0 saturated heterocycles. The van der Waals surface area contributed by atoms with Crippen LogP contribution in [0.5, 0.6) is 11.5 Å². The van der Waals surface area contributed by atoms with Crippen molar-refractivity contribution < 1.29 is 9.47 Å². The van der Waals surface area contributed by atoms with Crippen LogP contribution in [0.2, 0.25) is 0 Å². The fraction of sp³-hybridized carbons (Fsp3) is 0.625. The van der Waals surface area contributed by atoms with E-state index in [1.165, 1.54) is 5.56 Å². The van der Waals surface area contributed by atoms with Gasteiger partial charge in [0.2, 0.25) is 0 Å². The summed E-state index contributed by atoms with van der Waals surface area (Å²) in [5, 5.41) is 3.57. The van der Waals surface area contributed by atoms with Crippen LogP contribution in [0, 0.1) is 0 Å². The van der Waals surface area contributed by atoms with Crippen LogP contribution in [0.25, 0.3) is 0 Å². The molecule has 0 saturated carbocycles. The lowest BCUT2D eigenvalue weighted by molar-refractivity contribution is 0.254. The third-order valence-electron chi connectivity index (χ3n) is 3.94. The summed E-state index contributed by atoms with van der Waals surface area (Å²) in [5.74, 6) is 1.97. The molecular weight excluding hydrogens is 238 g/mol. The van der Waals surface area contributed by atoms with E-state index in [1.54, 1.807) is 7.11 Å². The summed E-state index contributed by atoms with van der Waals surface area (Å²) in [7, 11) is 1.73. The van der Waals surface area contributed by atoms with Gasteiger partial charge in [0.25, 0.3) is 0 Å². The molecule has 0 fully saturated rings. The molecule has 2 rings (SSSR count). The molecule has 3 heteroatoms. The highest BCUT2D eigenvalue weighted by Crippen LogP contribution is 2.35. The number of ether oxygens (including phenoxy) is 2. The van der Waals surface area contributed by atoms with Crippen molar-refractivity contribution in [2.45, 2.75) is 58.7 Å². The Balaban J connectivity index is 2.19. The van der Waals surface area contributed by atoms with Gasteiger partial charge in [0.05, 0.1) is 7.11 Å². The minimum Gasteiger partial charge on any atom is -0.496 e. The van der Waals surface area contributed by atoms with E-state index in [9.17, 15) is 0 Å². The molecule has 1 aliphatic heterocycles. The molecule has 1 heterocycles. The average Bonchev–Trinajstić information content (AvgIpc) is 2.74. The minimum absolute atomic E-state index is 0.137. The molecule has 0 aromatic heterocycles. The number of hydrogen-bond acceptors (Lipinski definition) is 3. The molecule has 1 atom stereocenters. The Labute approximate surface area is 116 Å². The number of methoxy groups -OCH3 is 1. The van der Waals surface area contributed by atoms with Gasteiger partial charge in [-0.1, -0.05) is 6.92 Å². The number of benzene rings is 1. The molecule has 3 nitrogen and oxygen atoms in total. The van der Waals surface area contributed by atoms with Gasteiger partial charge >= 0.3 is 0 Å². The van der Waals surface area contributed by atoms with Crippen molar-refractivity contribution in [3.8, 4) is 11.5 Å². The molecule has 1 N–H and O–H groups in total. The van der Waals surface area contributed by atoms with Crippen LogP contribution in [0.3, 0.4) is 0 Å². The summed E-state index contributed by atoms with van der Waals surface area (Å²) >= 11 is 0. The number of fused-ring (bicyclic) bond motifs is 1. The van der Waals surface area contributed by atoms with Crippen molar-refractivity contribution in [1.29, 1.82) is 0 Å². The third kappa shape index (κ3) is 3.21. The number of rotatable bonds is 5. The van der Waals surface area contributed by atoms with Gasteiger partial charge in [-0.15, -0.1) is 0 Å². The van der Waals surface area contributed by atoms with Gasteiger partial charge in [-0.25, -0.2) is 0 Å². The van der Waals surface area contributed by atoms with E-state index in [2.05, 4.69) is 45.1 Å². The monoisotopic (exact) mass is 263 g/mol. The highest BCUT2D eigenvalue weighted by molar-refractivity contribution is 5.48. The molecule has 0 bridgehead atoms. The van der Waals surface area contributed by atoms with Crippen molar-refractivity contribution in [2.75, 3.05) is 7.11 Å². The van der Waals surface area contributed by atoms with Crippen LogP contribution in [0.4, 0.5) is 0 Å². The Hall–Kier alpha value is -1.22.